The van der Waals surface area contributed by atoms with E-state index in [1.807, 2.05) is 52.6 Å². The molecule has 0 aliphatic carbocycles. The van der Waals surface area contributed by atoms with E-state index in [-0.39, 0.29) is 12.1 Å². The van der Waals surface area contributed by atoms with Crippen molar-refractivity contribution in [2.24, 2.45) is 0 Å². The van der Waals surface area contributed by atoms with Crippen LogP contribution in [0, 0.1) is 0 Å². The molecular weight excluding hydrogens is 492 g/mol. The van der Waals surface area contributed by atoms with E-state index in [1.54, 1.807) is 19.2 Å². The number of nitrogens with zero attached hydrogens (tertiary/aromatic N) is 3. The Morgan fingerprint density at radius 1 is 1.06 bits per heavy atom. The molecule has 4 heterocycles. The highest BCUT2D eigenvalue weighted by atomic mass is 35.5. The molecule has 1 N–H and O–H groups in total. The Bertz CT molecular complexity index is 1410. The minimum atomic E-state index is -0.264. The Labute approximate surface area is 219 Å². The van der Waals surface area contributed by atoms with Gasteiger partial charge in [-0.05, 0) is 73.1 Å². The third-order valence-corrected chi connectivity index (χ3v) is 8.55. The molecule has 2 aliphatic rings. The number of aromatic nitrogens is 1. The molecule has 0 saturated heterocycles. The number of likely N-dealkylation sites (N-methyl/N-ethyl adjacent to an activating group) is 1. The van der Waals surface area contributed by atoms with Gasteiger partial charge in [0.2, 0.25) is 0 Å². The summed E-state index contributed by atoms with van der Waals surface area (Å²) in [6.45, 7) is 2.50. The van der Waals surface area contributed by atoms with Gasteiger partial charge in [-0.15, -0.1) is 11.3 Å². The number of fused-ring (bicyclic) bond motifs is 5. The van der Waals surface area contributed by atoms with Gasteiger partial charge in [-0.3, -0.25) is 0 Å². The number of thiophene rings is 1. The van der Waals surface area contributed by atoms with E-state index in [1.165, 1.54) is 21.0 Å². The number of carbonyl (C=O) groups is 1. The van der Waals surface area contributed by atoms with Crippen LogP contribution in [0.25, 0.3) is 5.00 Å². The summed E-state index contributed by atoms with van der Waals surface area (Å²) in [7, 11) is 3.83. The molecule has 0 unspecified atom stereocenters. The first kappa shape index (κ1) is 23.2. The standard InChI is InChI=1S/C28H27ClN4O2S/c1-31-15-13-22-23-16-33(28(34)30-20-9-7-19(29)8-10-20)26(18-5-11-21(35-2)12-6-18)24-4-3-14-32(24)27(23)36-25(22)17-31/h3-12,14,26H,13,15-17H2,1-2H3,(H,30,34)/t26-/m0/s1. The molecule has 1 atom stereocenters. The number of urea groups is 1. The highest BCUT2D eigenvalue weighted by Gasteiger charge is 2.36. The number of hydrogen-bond acceptors (Lipinski definition) is 4. The first-order chi connectivity index (χ1) is 17.5. The van der Waals surface area contributed by atoms with Crippen molar-refractivity contribution in [3.63, 3.8) is 0 Å². The predicted molar refractivity (Wildman–Crippen MR) is 145 cm³/mol. The van der Waals surface area contributed by atoms with Crippen molar-refractivity contribution in [2.45, 2.75) is 25.6 Å². The Kier molecular flexibility index (Phi) is 5.99. The Morgan fingerprint density at radius 3 is 2.58 bits per heavy atom. The van der Waals surface area contributed by atoms with Gasteiger partial charge in [-0.25, -0.2) is 4.79 Å². The molecule has 0 saturated carbocycles. The fourth-order valence-corrected chi connectivity index (χ4v) is 6.79. The maximum Gasteiger partial charge on any atom is 0.322 e. The second kappa shape index (κ2) is 9.32. The fraction of sp³-hybridized carbons (Fsp3) is 0.250. The molecule has 0 radical (unpaired) electrons. The van der Waals surface area contributed by atoms with Crippen LogP contribution in [0.2, 0.25) is 5.02 Å². The summed E-state index contributed by atoms with van der Waals surface area (Å²) in [6, 6.07) is 19.0. The van der Waals surface area contributed by atoms with Crippen LogP contribution in [-0.2, 0) is 19.5 Å². The maximum absolute atomic E-state index is 13.9. The van der Waals surface area contributed by atoms with E-state index in [0.717, 1.165) is 36.5 Å². The van der Waals surface area contributed by atoms with Crippen LogP contribution in [0.3, 0.4) is 0 Å². The molecule has 8 heteroatoms. The molecule has 2 amide bonds. The van der Waals surface area contributed by atoms with Gasteiger partial charge in [-0.2, -0.15) is 0 Å². The number of hydrogen-bond donors (Lipinski definition) is 1. The number of rotatable bonds is 3. The molecule has 184 valence electrons. The minimum Gasteiger partial charge on any atom is -0.497 e. The van der Waals surface area contributed by atoms with Crippen LogP contribution in [0.15, 0.2) is 66.9 Å². The van der Waals surface area contributed by atoms with E-state index < -0.39 is 0 Å². The zero-order valence-electron chi connectivity index (χ0n) is 20.2. The molecule has 2 aromatic heterocycles. The van der Waals surface area contributed by atoms with Crippen molar-refractivity contribution < 1.29 is 9.53 Å². The average Bonchev–Trinajstić information content (AvgIpc) is 3.47. The van der Waals surface area contributed by atoms with Gasteiger partial charge in [-0.1, -0.05) is 23.7 Å². The third kappa shape index (κ3) is 4.07. The zero-order chi connectivity index (χ0) is 24.8. The summed E-state index contributed by atoms with van der Waals surface area (Å²) in [4.78, 5) is 19.7. The highest BCUT2D eigenvalue weighted by molar-refractivity contribution is 7.15. The normalized spacial score (nSPS) is 17.1. The van der Waals surface area contributed by atoms with Crippen LogP contribution >= 0.6 is 22.9 Å². The van der Waals surface area contributed by atoms with Crippen molar-refractivity contribution in [1.82, 2.24) is 14.4 Å². The molecule has 0 spiro atoms. The lowest BCUT2D eigenvalue weighted by Gasteiger charge is -2.32. The van der Waals surface area contributed by atoms with E-state index in [2.05, 4.69) is 40.2 Å². The summed E-state index contributed by atoms with van der Waals surface area (Å²) in [5, 5.41) is 4.97. The predicted octanol–water partition coefficient (Wildman–Crippen LogP) is 6.33. The van der Waals surface area contributed by atoms with Crippen LogP contribution in [-0.4, -0.2) is 41.1 Å². The lowest BCUT2D eigenvalue weighted by atomic mass is 10.00. The molecule has 4 aromatic rings. The quantitative estimate of drug-likeness (QED) is 0.345. The summed E-state index contributed by atoms with van der Waals surface area (Å²) in [5.74, 6) is 0.789. The molecule has 2 aromatic carbocycles. The Morgan fingerprint density at radius 2 is 1.83 bits per heavy atom. The summed E-state index contributed by atoms with van der Waals surface area (Å²) in [5.41, 5.74) is 5.46. The zero-order valence-corrected chi connectivity index (χ0v) is 21.8. The molecule has 6 nitrogen and oxygen atoms in total. The van der Waals surface area contributed by atoms with Crippen molar-refractivity contribution in [3.05, 3.63) is 99.1 Å². The molecular formula is C28H27ClN4O2S. The van der Waals surface area contributed by atoms with Crippen LogP contribution in [0.1, 0.15) is 33.3 Å². The first-order valence-corrected chi connectivity index (χ1v) is 13.2. The summed E-state index contributed by atoms with van der Waals surface area (Å²) >= 11 is 7.93. The second-order valence-electron chi connectivity index (χ2n) is 9.32. The highest BCUT2D eigenvalue weighted by Crippen LogP contribution is 2.43. The second-order valence-corrected chi connectivity index (χ2v) is 10.8. The number of amides is 2. The SMILES string of the molecule is COc1ccc([C@H]2c3cccn3-c3sc4c(c3CN2C(=O)Nc2ccc(Cl)cc2)CCN(C)C4)cc1. The van der Waals surface area contributed by atoms with Gasteiger partial charge in [0.25, 0.3) is 0 Å². The van der Waals surface area contributed by atoms with Crippen LogP contribution in [0.5, 0.6) is 5.75 Å². The number of methoxy groups -OCH3 is 1. The van der Waals surface area contributed by atoms with Crippen molar-refractivity contribution in [2.75, 3.05) is 26.0 Å². The van der Waals surface area contributed by atoms with Crippen LogP contribution < -0.4 is 10.1 Å². The lowest BCUT2D eigenvalue weighted by molar-refractivity contribution is 0.194. The van der Waals surface area contributed by atoms with E-state index in [0.29, 0.717) is 17.3 Å². The number of nitrogens with one attached hydrogen (secondary N) is 1. The van der Waals surface area contributed by atoms with Crippen molar-refractivity contribution >= 4 is 34.7 Å². The summed E-state index contributed by atoms with van der Waals surface area (Å²) in [6.07, 6.45) is 3.12. The fourth-order valence-electron chi connectivity index (χ4n) is 5.22. The van der Waals surface area contributed by atoms with Crippen molar-refractivity contribution in [1.29, 1.82) is 0 Å². The van der Waals surface area contributed by atoms with E-state index in [9.17, 15) is 4.79 Å². The van der Waals surface area contributed by atoms with Crippen LogP contribution in [0.4, 0.5) is 10.5 Å². The van der Waals surface area contributed by atoms with E-state index in [4.69, 9.17) is 16.3 Å². The average molecular weight is 519 g/mol. The smallest absolute Gasteiger partial charge is 0.322 e. The number of ether oxygens (including phenoxy) is 1. The van der Waals surface area contributed by atoms with Gasteiger partial charge in [0.15, 0.2) is 0 Å². The first-order valence-electron chi connectivity index (χ1n) is 12.0. The molecule has 6 rings (SSSR count). The maximum atomic E-state index is 13.9. The van der Waals surface area contributed by atoms with Gasteiger partial charge in [0.1, 0.15) is 10.8 Å². The molecule has 36 heavy (non-hydrogen) atoms. The number of carbonyl (C=O) groups excluding carboxylic acids is 1. The number of anilines is 1. The molecule has 0 fully saturated rings. The van der Waals surface area contributed by atoms with Gasteiger partial charge in [0.05, 0.1) is 25.4 Å². The number of halogens is 1. The monoisotopic (exact) mass is 518 g/mol. The van der Waals surface area contributed by atoms with Gasteiger partial charge in [0, 0.05) is 40.4 Å². The lowest BCUT2D eigenvalue weighted by Crippen LogP contribution is -2.38. The Balaban J connectivity index is 1.48. The van der Waals surface area contributed by atoms with Crippen molar-refractivity contribution in [3.8, 4) is 10.8 Å². The largest absolute Gasteiger partial charge is 0.497 e. The number of benzene rings is 2. The molecule has 0 bridgehead atoms. The van der Waals surface area contributed by atoms with Gasteiger partial charge >= 0.3 is 6.03 Å². The molecule has 2 aliphatic heterocycles. The topological polar surface area (TPSA) is 49.7 Å². The summed E-state index contributed by atoms with van der Waals surface area (Å²) < 4.78 is 7.68. The third-order valence-electron chi connectivity index (χ3n) is 7.04. The minimum absolute atomic E-state index is 0.147. The Hall–Kier alpha value is -3.26. The van der Waals surface area contributed by atoms with E-state index >= 15 is 0 Å². The van der Waals surface area contributed by atoms with Gasteiger partial charge < -0.3 is 24.4 Å².